The summed E-state index contributed by atoms with van der Waals surface area (Å²) >= 11 is 0. The molecule has 0 aromatic rings. The van der Waals surface area contributed by atoms with Crippen molar-refractivity contribution in [2.45, 2.75) is 52.2 Å². The third-order valence-electron chi connectivity index (χ3n) is 3.36. The van der Waals surface area contributed by atoms with Crippen LogP contribution in [0.3, 0.4) is 0 Å². The minimum absolute atomic E-state index is 0.529. The van der Waals surface area contributed by atoms with Crippen molar-refractivity contribution in [3.05, 3.63) is 0 Å². The first-order chi connectivity index (χ1) is 7.56. The largest absolute Gasteiger partial charge is 0.380 e. The maximum absolute atomic E-state index is 5.65. The van der Waals surface area contributed by atoms with Gasteiger partial charge in [-0.2, -0.15) is 0 Å². The van der Waals surface area contributed by atoms with Gasteiger partial charge in [-0.25, -0.2) is 0 Å². The van der Waals surface area contributed by atoms with E-state index in [4.69, 9.17) is 4.74 Å². The number of nitrogens with one attached hydrogen (secondary N) is 1. The molecule has 0 spiro atoms. The van der Waals surface area contributed by atoms with Gasteiger partial charge in [-0.05, 0) is 33.2 Å². The van der Waals surface area contributed by atoms with Gasteiger partial charge in [-0.3, -0.25) is 4.90 Å². The van der Waals surface area contributed by atoms with E-state index in [2.05, 4.69) is 45.0 Å². The van der Waals surface area contributed by atoms with E-state index in [0.717, 1.165) is 26.2 Å². The molecular weight excluding hydrogens is 200 g/mol. The number of likely N-dealkylation sites (N-methyl/N-ethyl adjacent to an activating group) is 1. The smallest absolute Gasteiger partial charge is 0.0637 e. The van der Waals surface area contributed by atoms with Gasteiger partial charge in [0.15, 0.2) is 0 Å². The Hall–Kier alpha value is -0.120. The molecule has 1 rings (SSSR count). The summed E-state index contributed by atoms with van der Waals surface area (Å²) in [6, 6.07) is 1.70. The Kier molecular flexibility index (Phi) is 5.73. The normalized spacial score (nSPS) is 27.0. The van der Waals surface area contributed by atoms with E-state index in [1.165, 1.54) is 0 Å². The van der Waals surface area contributed by atoms with E-state index in [1.807, 2.05) is 0 Å². The van der Waals surface area contributed by atoms with Crippen LogP contribution < -0.4 is 5.32 Å². The molecule has 1 aliphatic heterocycles. The van der Waals surface area contributed by atoms with Crippen LogP contribution in [0, 0.1) is 5.92 Å². The highest BCUT2D eigenvalue weighted by Crippen LogP contribution is 2.18. The number of rotatable bonds is 5. The van der Waals surface area contributed by atoms with Crippen molar-refractivity contribution in [3.8, 4) is 0 Å². The van der Waals surface area contributed by atoms with E-state index in [0.29, 0.717) is 24.0 Å². The molecule has 16 heavy (non-hydrogen) atoms. The molecule has 0 aromatic heterocycles. The Balaban J connectivity index is 2.66. The molecule has 96 valence electrons. The lowest BCUT2D eigenvalue weighted by molar-refractivity contribution is -0.0172. The minimum Gasteiger partial charge on any atom is -0.380 e. The van der Waals surface area contributed by atoms with Gasteiger partial charge >= 0.3 is 0 Å². The van der Waals surface area contributed by atoms with Gasteiger partial charge in [0, 0.05) is 31.3 Å². The fourth-order valence-corrected chi connectivity index (χ4v) is 2.54. The summed E-state index contributed by atoms with van der Waals surface area (Å²) < 4.78 is 5.65. The average molecular weight is 228 g/mol. The van der Waals surface area contributed by atoms with Gasteiger partial charge in [0.2, 0.25) is 0 Å². The predicted octanol–water partition coefficient (Wildman–Crippen LogP) is 1.73. The molecule has 0 aromatic carbocycles. The first kappa shape index (κ1) is 13.9. The number of hydrogen-bond donors (Lipinski definition) is 1. The van der Waals surface area contributed by atoms with Gasteiger partial charge in [0.1, 0.15) is 0 Å². The summed E-state index contributed by atoms with van der Waals surface area (Å²) in [6.07, 6.45) is 1.13. The van der Waals surface area contributed by atoms with Crippen LogP contribution in [-0.4, -0.2) is 49.8 Å². The fraction of sp³-hybridized carbons (Fsp3) is 1.00. The number of nitrogens with zero attached hydrogens (tertiary/aromatic N) is 1. The van der Waals surface area contributed by atoms with Crippen molar-refractivity contribution in [3.63, 3.8) is 0 Å². The van der Waals surface area contributed by atoms with Crippen LogP contribution in [0.5, 0.6) is 0 Å². The molecule has 0 amide bonds. The summed E-state index contributed by atoms with van der Waals surface area (Å²) in [6.45, 7) is 12.1. The third kappa shape index (κ3) is 3.72. The van der Waals surface area contributed by atoms with E-state index in [-0.39, 0.29) is 0 Å². The molecular formula is C13H28N2O. The lowest BCUT2D eigenvalue weighted by atomic mass is 9.99. The lowest BCUT2D eigenvalue weighted by Gasteiger charge is -2.42. The molecule has 0 radical (unpaired) electrons. The van der Waals surface area contributed by atoms with Crippen molar-refractivity contribution in [1.82, 2.24) is 10.2 Å². The molecule has 3 heteroatoms. The van der Waals surface area contributed by atoms with E-state index in [9.17, 15) is 0 Å². The van der Waals surface area contributed by atoms with Crippen molar-refractivity contribution >= 4 is 0 Å². The Morgan fingerprint density at radius 3 is 2.50 bits per heavy atom. The molecule has 1 saturated heterocycles. The highest BCUT2D eigenvalue weighted by atomic mass is 16.5. The Morgan fingerprint density at radius 2 is 2.00 bits per heavy atom. The maximum atomic E-state index is 5.65. The van der Waals surface area contributed by atoms with Crippen molar-refractivity contribution in [1.29, 1.82) is 0 Å². The molecule has 2 atom stereocenters. The zero-order valence-corrected chi connectivity index (χ0v) is 11.5. The quantitative estimate of drug-likeness (QED) is 0.775. The first-order valence-corrected chi connectivity index (χ1v) is 6.57. The summed E-state index contributed by atoms with van der Waals surface area (Å²) in [5.74, 6) is 0.710. The average Bonchev–Trinajstić information content (AvgIpc) is 2.25. The topological polar surface area (TPSA) is 24.5 Å². The second kappa shape index (κ2) is 6.58. The standard InChI is InChI=1S/C13H28N2O/c1-10(2)8-15(11(3)4)13-9-16-7-6-12(13)14-5/h10-14H,6-9H2,1-5H3. The summed E-state index contributed by atoms with van der Waals surface area (Å²) in [4.78, 5) is 2.59. The number of ether oxygens (including phenoxy) is 1. The van der Waals surface area contributed by atoms with Crippen LogP contribution in [0.1, 0.15) is 34.1 Å². The molecule has 0 aliphatic carbocycles. The second-order valence-electron chi connectivity index (χ2n) is 5.51. The molecule has 0 bridgehead atoms. The minimum atomic E-state index is 0.529. The molecule has 2 unspecified atom stereocenters. The SMILES string of the molecule is CNC1CCOCC1N(CC(C)C)C(C)C. The first-order valence-electron chi connectivity index (χ1n) is 6.57. The monoisotopic (exact) mass is 228 g/mol. The van der Waals surface area contributed by atoms with Crippen LogP contribution in [0.4, 0.5) is 0 Å². The van der Waals surface area contributed by atoms with E-state index in [1.54, 1.807) is 0 Å². The molecule has 3 nitrogen and oxygen atoms in total. The van der Waals surface area contributed by atoms with Crippen molar-refractivity contribution < 1.29 is 4.74 Å². The Bertz CT molecular complexity index is 194. The molecule has 0 saturated carbocycles. The maximum Gasteiger partial charge on any atom is 0.0637 e. The molecule has 1 heterocycles. The van der Waals surface area contributed by atoms with Crippen molar-refractivity contribution in [2.24, 2.45) is 5.92 Å². The van der Waals surface area contributed by atoms with Crippen LogP contribution >= 0.6 is 0 Å². The number of hydrogen-bond acceptors (Lipinski definition) is 3. The lowest BCUT2D eigenvalue weighted by Crippen LogP contribution is -2.57. The zero-order chi connectivity index (χ0) is 12.1. The third-order valence-corrected chi connectivity index (χ3v) is 3.36. The van der Waals surface area contributed by atoms with Gasteiger partial charge < -0.3 is 10.1 Å². The molecule has 1 aliphatic rings. The Morgan fingerprint density at radius 1 is 1.31 bits per heavy atom. The molecule has 1 fully saturated rings. The van der Waals surface area contributed by atoms with Crippen molar-refractivity contribution in [2.75, 3.05) is 26.8 Å². The van der Waals surface area contributed by atoms with E-state index < -0.39 is 0 Å². The highest BCUT2D eigenvalue weighted by Gasteiger charge is 2.31. The van der Waals surface area contributed by atoms with Gasteiger partial charge in [0.25, 0.3) is 0 Å². The summed E-state index contributed by atoms with van der Waals surface area (Å²) in [5, 5.41) is 3.44. The van der Waals surface area contributed by atoms with Gasteiger partial charge in [0.05, 0.1) is 6.61 Å². The molecule has 1 N–H and O–H groups in total. The van der Waals surface area contributed by atoms with Crippen LogP contribution in [-0.2, 0) is 4.74 Å². The Labute approximate surface area is 101 Å². The van der Waals surface area contributed by atoms with Crippen LogP contribution in [0.2, 0.25) is 0 Å². The second-order valence-corrected chi connectivity index (χ2v) is 5.51. The van der Waals surface area contributed by atoms with Gasteiger partial charge in [-0.1, -0.05) is 13.8 Å². The van der Waals surface area contributed by atoms with Gasteiger partial charge in [-0.15, -0.1) is 0 Å². The van der Waals surface area contributed by atoms with Crippen LogP contribution in [0.15, 0.2) is 0 Å². The summed E-state index contributed by atoms with van der Waals surface area (Å²) in [7, 11) is 2.07. The summed E-state index contributed by atoms with van der Waals surface area (Å²) in [5.41, 5.74) is 0. The zero-order valence-electron chi connectivity index (χ0n) is 11.5. The fourth-order valence-electron chi connectivity index (χ4n) is 2.54. The van der Waals surface area contributed by atoms with Crippen LogP contribution in [0.25, 0.3) is 0 Å². The highest BCUT2D eigenvalue weighted by molar-refractivity contribution is 4.88. The van der Waals surface area contributed by atoms with E-state index >= 15 is 0 Å². The predicted molar refractivity (Wildman–Crippen MR) is 68.8 cm³/mol.